The number of hydrogen-bond donors (Lipinski definition) is 1. The van der Waals surface area contributed by atoms with Gasteiger partial charge in [0.15, 0.2) is 0 Å². The summed E-state index contributed by atoms with van der Waals surface area (Å²) < 4.78 is 32.4. The second-order valence-corrected chi connectivity index (χ2v) is 8.47. The lowest BCUT2D eigenvalue weighted by molar-refractivity contribution is -0.144. The van der Waals surface area contributed by atoms with Crippen LogP contribution in [0, 0.1) is 11.8 Å². The molecular formula is C22H34F2O4S. The summed E-state index contributed by atoms with van der Waals surface area (Å²) in [5, 5.41) is -0.182. The van der Waals surface area contributed by atoms with Crippen LogP contribution in [0.2, 0.25) is 0 Å². The predicted octanol–water partition coefficient (Wildman–Crippen LogP) is 5.34. The lowest BCUT2D eigenvalue weighted by Crippen LogP contribution is -2.30. The van der Waals surface area contributed by atoms with Gasteiger partial charge in [0.1, 0.15) is 5.78 Å². The molecule has 0 N–H and O–H groups in total. The van der Waals surface area contributed by atoms with Crippen LogP contribution in [-0.2, 0) is 19.1 Å². The molecule has 0 aromatic carbocycles. The molecule has 1 rings (SSSR count). The smallest absolute Gasteiger partial charge is 0.305 e. The number of ether oxygens (including phenoxy) is 1. The molecular weight excluding hydrogens is 398 g/mol. The molecule has 0 saturated heterocycles. The molecule has 0 radical (unpaired) electrons. The normalized spacial score (nSPS) is 22.4. The highest BCUT2D eigenvalue weighted by Crippen LogP contribution is 2.39. The van der Waals surface area contributed by atoms with Gasteiger partial charge in [0, 0.05) is 36.9 Å². The lowest BCUT2D eigenvalue weighted by atomic mass is 9.86. The molecule has 0 aliphatic heterocycles. The van der Waals surface area contributed by atoms with E-state index in [-0.39, 0.29) is 41.7 Å². The van der Waals surface area contributed by atoms with Crippen LogP contribution in [0.1, 0.15) is 77.6 Å². The fourth-order valence-electron chi connectivity index (χ4n) is 3.73. The van der Waals surface area contributed by atoms with Gasteiger partial charge in [0.25, 0.3) is 0 Å². The number of thiol groups is 1. The van der Waals surface area contributed by atoms with Crippen molar-refractivity contribution in [2.24, 2.45) is 11.8 Å². The average Bonchev–Trinajstić information content (AvgIpc) is 2.95. The van der Waals surface area contributed by atoms with Crippen molar-refractivity contribution in [3.63, 3.8) is 0 Å². The molecule has 0 amide bonds. The molecule has 1 aliphatic carbocycles. The molecule has 166 valence electrons. The Morgan fingerprint density at radius 3 is 2.59 bits per heavy atom. The molecule has 0 bridgehead atoms. The number of Topliss-reactive ketones (excluding diaryl/α,β-unsaturated/α-hetero) is 2. The van der Waals surface area contributed by atoms with Gasteiger partial charge >= 0.3 is 11.9 Å². The average molecular weight is 433 g/mol. The van der Waals surface area contributed by atoms with Gasteiger partial charge in [-0.25, -0.2) is 0 Å². The second kappa shape index (κ2) is 13.1. The van der Waals surface area contributed by atoms with Gasteiger partial charge in [-0.05, 0) is 44.4 Å². The van der Waals surface area contributed by atoms with Gasteiger partial charge in [-0.3, -0.25) is 14.4 Å². The monoisotopic (exact) mass is 432 g/mol. The summed E-state index contributed by atoms with van der Waals surface area (Å²) in [6.45, 7) is 1.81. The highest BCUT2D eigenvalue weighted by molar-refractivity contribution is 7.81. The molecule has 29 heavy (non-hydrogen) atoms. The maximum atomic E-state index is 13.9. The topological polar surface area (TPSA) is 60.4 Å². The number of esters is 1. The van der Waals surface area contributed by atoms with Crippen LogP contribution in [0.4, 0.5) is 8.78 Å². The number of ketones is 2. The molecule has 7 heteroatoms. The van der Waals surface area contributed by atoms with E-state index >= 15 is 0 Å². The fraction of sp³-hybridized carbons (Fsp3) is 0.773. The Bertz CT molecular complexity index is 577. The first-order valence-electron chi connectivity index (χ1n) is 10.6. The number of methoxy groups -OCH3 is 1. The predicted molar refractivity (Wildman–Crippen MR) is 112 cm³/mol. The van der Waals surface area contributed by atoms with Gasteiger partial charge in [0.05, 0.1) is 7.11 Å². The maximum Gasteiger partial charge on any atom is 0.305 e. The number of halogens is 2. The molecule has 0 heterocycles. The third-order valence-electron chi connectivity index (χ3n) is 5.58. The van der Waals surface area contributed by atoms with E-state index in [2.05, 4.69) is 17.4 Å². The van der Waals surface area contributed by atoms with Crippen LogP contribution in [0.3, 0.4) is 0 Å². The fourth-order valence-corrected chi connectivity index (χ4v) is 4.27. The van der Waals surface area contributed by atoms with E-state index in [9.17, 15) is 23.2 Å². The van der Waals surface area contributed by atoms with Crippen molar-refractivity contribution in [1.29, 1.82) is 0 Å². The Hall–Kier alpha value is -1.24. The lowest BCUT2D eigenvalue weighted by Gasteiger charge is -2.21. The van der Waals surface area contributed by atoms with Crippen LogP contribution in [0.15, 0.2) is 12.2 Å². The van der Waals surface area contributed by atoms with Gasteiger partial charge in [-0.1, -0.05) is 25.5 Å². The van der Waals surface area contributed by atoms with Gasteiger partial charge in [-0.15, -0.1) is 0 Å². The standard InChI is InChI=1S/C22H34F2O4S/c1-3-4-14-22(23,24)20(26)13-12-17-16(18(25)15-19(17)29)10-8-6-5-7-9-11-21(27)28-2/h6,8,16-17,19,29H,3-5,7,9-15H2,1-2H3/b8-6-/t16-,17?,19-/m1/s1. The second-order valence-electron chi connectivity index (χ2n) is 7.81. The number of hydrogen-bond acceptors (Lipinski definition) is 5. The van der Waals surface area contributed by atoms with Crippen molar-refractivity contribution in [2.75, 3.05) is 7.11 Å². The quantitative estimate of drug-likeness (QED) is 0.174. The molecule has 0 spiro atoms. The largest absolute Gasteiger partial charge is 0.469 e. The molecule has 0 aromatic rings. The minimum atomic E-state index is -3.27. The molecule has 3 atom stereocenters. The first-order valence-corrected chi connectivity index (χ1v) is 11.1. The van der Waals surface area contributed by atoms with E-state index in [1.54, 1.807) is 0 Å². The number of rotatable bonds is 14. The Morgan fingerprint density at radius 2 is 1.93 bits per heavy atom. The van der Waals surface area contributed by atoms with Crippen molar-refractivity contribution < 1.29 is 27.9 Å². The van der Waals surface area contributed by atoms with Crippen LogP contribution in [-0.4, -0.2) is 35.8 Å². The van der Waals surface area contributed by atoms with Crippen molar-refractivity contribution in [3.8, 4) is 0 Å². The zero-order chi connectivity index (χ0) is 21.9. The number of carbonyl (C=O) groups is 3. The zero-order valence-corrected chi connectivity index (χ0v) is 18.4. The summed E-state index contributed by atoms with van der Waals surface area (Å²) in [5.74, 6) is -4.84. The van der Waals surface area contributed by atoms with Gasteiger partial charge in [-0.2, -0.15) is 21.4 Å². The molecule has 1 fully saturated rings. The van der Waals surface area contributed by atoms with E-state index in [0.29, 0.717) is 32.1 Å². The third kappa shape index (κ3) is 8.97. The van der Waals surface area contributed by atoms with Crippen molar-refractivity contribution in [2.45, 2.75) is 88.7 Å². The zero-order valence-electron chi connectivity index (χ0n) is 17.5. The Labute approximate surface area is 178 Å². The van der Waals surface area contributed by atoms with Crippen LogP contribution < -0.4 is 0 Å². The summed E-state index contributed by atoms with van der Waals surface area (Å²) in [7, 11) is 1.37. The number of alkyl halides is 2. The number of unbranched alkanes of at least 4 members (excludes halogenated alkanes) is 3. The minimum absolute atomic E-state index is 0.0931. The minimum Gasteiger partial charge on any atom is -0.469 e. The van der Waals surface area contributed by atoms with E-state index in [0.717, 1.165) is 19.3 Å². The maximum absolute atomic E-state index is 13.9. The van der Waals surface area contributed by atoms with Crippen LogP contribution in [0.25, 0.3) is 0 Å². The first kappa shape index (κ1) is 25.8. The van der Waals surface area contributed by atoms with Crippen molar-refractivity contribution in [1.82, 2.24) is 0 Å². The van der Waals surface area contributed by atoms with E-state index < -0.39 is 18.1 Å². The van der Waals surface area contributed by atoms with Gasteiger partial charge < -0.3 is 4.74 Å². The van der Waals surface area contributed by atoms with Crippen molar-refractivity contribution >= 4 is 30.2 Å². The Balaban J connectivity index is 2.46. The summed E-state index contributed by atoms with van der Waals surface area (Å²) in [6, 6.07) is 0. The van der Waals surface area contributed by atoms with Crippen LogP contribution >= 0.6 is 12.6 Å². The molecule has 1 aliphatic rings. The number of carbonyl (C=O) groups excluding carboxylic acids is 3. The van der Waals surface area contributed by atoms with E-state index in [1.165, 1.54) is 7.11 Å². The van der Waals surface area contributed by atoms with E-state index in [4.69, 9.17) is 0 Å². The molecule has 1 unspecified atom stereocenters. The summed E-state index contributed by atoms with van der Waals surface area (Å²) >= 11 is 4.47. The number of allylic oxidation sites excluding steroid dienone is 2. The molecule has 1 saturated carbocycles. The summed E-state index contributed by atoms with van der Waals surface area (Å²) in [4.78, 5) is 35.3. The molecule has 0 aromatic heterocycles. The van der Waals surface area contributed by atoms with Crippen LogP contribution in [0.5, 0.6) is 0 Å². The van der Waals surface area contributed by atoms with E-state index in [1.807, 2.05) is 19.1 Å². The first-order chi connectivity index (χ1) is 13.7. The van der Waals surface area contributed by atoms with Gasteiger partial charge in [0.2, 0.25) is 5.78 Å². The Morgan fingerprint density at radius 1 is 1.21 bits per heavy atom. The third-order valence-corrected chi connectivity index (χ3v) is 6.14. The SMILES string of the molecule is CCCCC(F)(F)C(=O)CCC1[C@H](S)CC(=O)[C@@H]1C/C=C\CCCCC(=O)OC. The van der Waals surface area contributed by atoms with Crippen molar-refractivity contribution in [3.05, 3.63) is 12.2 Å². The summed E-state index contributed by atoms with van der Waals surface area (Å²) in [5.41, 5.74) is 0. The highest BCUT2D eigenvalue weighted by atomic mass is 32.1. The Kier molecular flexibility index (Phi) is 11.7. The highest BCUT2D eigenvalue weighted by Gasteiger charge is 2.42. The molecule has 4 nitrogen and oxygen atoms in total. The summed E-state index contributed by atoms with van der Waals surface area (Å²) in [6.07, 6.45) is 8.19.